The van der Waals surface area contributed by atoms with Crippen LogP contribution in [0, 0.1) is 0 Å². The van der Waals surface area contributed by atoms with E-state index < -0.39 is 0 Å². The van der Waals surface area contributed by atoms with E-state index in [2.05, 4.69) is 19.0 Å². The highest BCUT2D eigenvalue weighted by molar-refractivity contribution is 5.29. The number of nitrogens with zero attached hydrogens (tertiary/aromatic N) is 1. The third-order valence-electron chi connectivity index (χ3n) is 2.63. The Labute approximate surface area is 84.4 Å². The second-order valence-corrected chi connectivity index (χ2v) is 4.27. The molecule has 1 saturated carbocycles. The van der Waals surface area contributed by atoms with E-state index in [1.54, 1.807) is 7.11 Å². The van der Waals surface area contributed by atoms with Gasteiger partial charge in [0.15, 0.2) is 0 Å². The fourth-order valence-corrected chi connectivity index (χ4v) is 1.74. The minimum absolute atomic E-state index is 0.413. The standard InChI is InChI=1S/C11H17NO2/c1-7(2)10-9(6-13-3)11(14-12-10)8-4-5-8/h7-8H,4-6H2,1-3H3. The predicted octanol–water partition coefficient (Wildman–Crippen LogP) is 2.82. The van der Waals surface area contributed by atoms with Gasteiger partial charge in [-0.3, -0.25) is 0 Å². The smallest absolute Gasteiger partial charge is 0.145 e. The predicted molar refractivity (Wildman–Crippen MR) is 53.3 cm³/mol. The summed E-state index contributed by atoms with van der Waals surface area (Å²) in [7, 11) is 1.72. The van der Waals surface area contributed by atoms with Crippen molar-refractivity contribution >= 4 is 0 Å². The lowest BCUT2D eigenvalue weighted by atomic mass is 10.0. The van der Waals surface area contributed by atoms with Gasteiger partial charge in [0.2, 0.25) is 0 Å². The monoisotopic (exact) mass is 195 g/mol. The van der Waals surface area contributed by atoms with Gasteiger partial charge in [-0.05, 0) is 18.8 Å². The first kappa shape index (κ1) is 9.71. The molecule has 0 aliphatic heterocycles. The topological polar surface area (TPSA) is 35.3 Å². The van der Waals surface area contributed by atoms with Crippen molar-refractivity contribution in [1.82, 2.24) is 5.16 Å². The zero-order chi connectivity index (χ0) is 10.1. The molecule has 2 rings (SSSR count). The van der Waals surface area contributed by atoms with E-state index >= 15 is 0 Å². The minimum Gasteiger partial charge on any atom is -0.380 e. The van der Waals surface area contributed by atoms with Crippen LogP contribution in [0.2, 0.25) is 0 Å². The van der Waals surface area contributed by atoms with Crippen molar-refractivity contribution in [2.24, 2.45) is 0 Å². The quantitative estimate of drug-likeness (QED) is 0.741. The van der Waals surface area contributed by atoms with Gasteiger partial charge in [-0.1, -0.05) is 19.0 Å². The van der Waals surface area contributed by atoms with Crippen molar-refractivity contribution in [2.45, 2.75) is 45.1 Å². The van der Waals surface area contributed by atoms with Crippen LogP contribution in [0.1, 0.15) is 55.5 Å². The second-order valence-electron chi connectivity index (χ2n) is 4.27. The molecule has 14 heavy (non-hydrogen) atoms. The molecule has 0 atom stereocenters. The Morgan fingerprint density at radius 1 is 1.50 bits per heavy atom. The summed E-state index contributed by atoms with van der Waals surface area (Å²) in [4.78, 5) is 0. The summed E-state index contributed by atoms with van der Waals surface area (Å²) in [6, 6.07) is 0. The lowest BCUT2D eigenvalue weighted by Gasteiger charge is -2.04. The summed E-state index contributed by atoms with van der Waals surface area (Å²) >= 11 is 0. The minimum atomic E-state index is 0.413. The van der Waals surface area contributed by atoms with Crippen LogP contribution in [0.3, 0.4) is 0 Å². The van der Waals surface area contributed by atoms with Crippen LogP contribution in [0.5, 0.6) is 0 Å². The molecule has 1 heterocycles. The van der Waals surface area contributed by atoms with Gasteiger partial charge >= 0.3 is 0 Å². The van der Waals surface area contributed by atoms with Crippen LogP contribution in [0.25, 0.3) is 0 Å². The number of rotatable bonds is 4. The van der Waals surface area contributed by atoms with E-state index in [4.69, 9.17) is 9.26 Å². The molecule has 1 aromatic rings. The Morgan fingerprint density at radius 3 is 2.71 bits per heavy atom. The Morgan fingerprint density at radius 2 is 2.21 bits per heavy atom. The molecule has 0 N–H and O–H groups in total. The Bertz CT molecular complexity index is 294. The summed E-state index contributed by atoms with van der Waals surface area (Å²) in [5.74, 6) is 2.09. The average molecular weight is 195 g/mol. The number of ether oxygens (including phenoxy) is 1. The molecule has 1 aromatic heterocycles. The van der Waals surface area contributed by atoms with Gasteiger partial charge in [-0.25, -0.2) is 0 Å². The van der Waals surface area contributed by atoms with Gasteiger partial charge in [-0.15, -0.1) is 0 Å². The van der Waals surface area contributed by atoms with Crippen molar-refractivity contribution in [3.05, 3.63) is 17.0 Å². The largest absolute Gasteiger partial charge is 0.380 e. The van der Waals surface area contributed by atoms with E-state index in [-0.39, 0.29) is 0 Å². The van der Waals surface area contributed by atoms with E-state index in [1.807, 2.05) is 0 Å². The zero-order valence-corrected chi connectivity index (χ0v) is 9.04. The first-order valence-corrected chi connectivity index (χ1v) is 5.21. The van der Waals surface area contributed by atoms with Crippen molar-refractivity contribution in [3.8, 4) is 0 Å². The van der Waals surface area contributed by atoms with E-state index in [9.17, 15) is 0 Å². The SMILES string of the molecule is COCc1c(C(C)C)noc1C1CC1. The second kappa shape index (κ2) is 3.73. The van der Waals surface area contributed by atoms with Gasteiger partial charge < -0.3 is 9.26 Å². The van der Waals surface area contributed by atoms with Gasteiger partial charge in [-0.2, -0.15) is 0 Å². The summed E-state index contributed by atoms with van der Waals surface area (Å²) in [6.07, 6.45) is 2.48. The highest BCUT2D eigenvalue weighted by Crippen LogP contribution is 2.43. The molecule has 78 valence electrons. The van der Waals surface area contributed by atoms with Crippen molar-refractivity contribution in [2.75, 3.05) is 7.11 Å². The molecule has 0 spiro atoms. The van der Waals surface area contributed by atoms with Gasteiger partial charge in [0.1, 0.15) is 5.76 Å². The molecule has 0 radical (unpaired) electrons. The molecule has 0 aromatic carbocycles. The Kier molecular flexibility index (Phi) is 2.59. The Balaban J connectivity index is 2.30. The molecule has 0 amide bonds. The van der Waals surface area contributed by atoms with Crippen molar-refractivity contribution in [1.29, 1.82) is 0 Å². The van der Waals surface area contributed by atoms with Crippen LogP contribution in [0.15, 0.2) is 4.52 Å². The fourth-order valence-electron chi connectivity index (χ4n) is 1.74. The van der Waals surface area contributed by atoms with E-state index in [0.29, 0.717) is 18.4 Å². The van der Waals surface area contributed by atoms with Gasteiger partial charge in [0, 0.05) is 18.6 Å². The van der Waals surface area contributed by atoms with Crippen LogP contribution in [-0.4, -0.2) is 12.3 Å². The number of hydrogen-bond donors (Lipinski definition) is 0. The highest BCUT2D eigenvalue weighted by Gasteiger charge is 2.32. The zero-order valence-electron chi connectivity index (χ0n) is 9.04. The third kappa shape index (κ3) is 1.69. The molecular formula is C11H17NO2. The first-order valence-electron chi connectivity index (χ1n) is 5.21. The van der Waals surface area contributed by atoms with Crippen LogP contribution in [0.4, 0.5) is 0 Å². The summed E-state index contributed by atoms with van der Waals surface area (Å²) in [5, 5.41) is 4.14. The molecule has 0 bridgehead atoms. The van der Waals surface area contributed by atoms with E-state index in [0.717, 1.165) is 11.5 Å². The summed E-state index contributed by atoms with van der Waals surface area (Å²) < 4.78 is 10.6. The lowest BCUT2D eigenvalue weighted by molar-refractivity contribution is 0.182. The molecule has 0 unspecified atom stereocenters. The average Bonchev–Trinajstić information content (AvgIpc) is 2.89. The summed E-state index contributed by atoms with van der Waals surface area (Å²) in [6.45, 7) is 4.89. The Hall–Kier alpha value is -0.830. The maximum atomic E-state index is 5.40. The maximum absolute atomic E-state index is 5.40. The van der Waals surface area contributed by atoms with Gasteiger partial charge in [0.25, 0.3) is 0 Å². The molecule has 1 aliphatic carbocycles. The van der Waals surface area contributed by atoms with Crippen LogP contribution in [-0.2, 0) is 11.3 Å². The molecule has 3 heteroatoms. The normalized spacial score (nSPS) is 16.6. The molecule has 1 aliphatic rings. The van der Waals surface area contributed by atoms with E-state index in [1.165, 1.54) is 18.4 Å². The fraction of sp³-hybridized carbons (Fsp3) is 0.727. The number of methoxy groups -OCH3 is 1. The lowest BCUT2D eigenvalue weighted by Crippen LogP contribution is -1.98. The van der Waals surface area contributed by atoms with Crippen LogP contribution >= 0.6 is 0 Å². The summed E-state index contributed by atoms with van der Waals surface area (Å²) in [5.41, 5.74) is 2.25. The molecule has 3 nitrogen and oxygen atoms in total. The number of hydrogen-bond acceptors (Lipinski definition) is 3. The molecule has 0 saturated heterocycles. The van der Waals surface area contributed by atoms with Crippen molar-refractivity contribution < 1.29 is 9.26 Å². The third-order valence-corrected chi connectivity index (χ3v) is 2.63. The van der Waals surface area contributed by atoms with Crippen molar-refractivity contribution in [3.63, 3.8) is 0 Å². The highest BCUT2D eigenvalue weighted by atomic mass is 16.5. The number of aromatic nitrogens is 1. The van der Waals surface area contributed by atoms with Crippen LogP contribution < -0.4 is 0 Å². The molecule has 1 fully saturated rings. The maximum Gasteiger partial charge on any atom is 0.145 e. The van der Waals surface area contributed by atoms with Gasteiger partial charge in [0.05, 0.1) is 12.3 Å². The first-order chi connectivity index (χ1) is 6.74. The molecular weight excluding hydrogens is 178 g/mol.